The van der Waals surface area contributed by atoms with Gasteiger partial charge in [-0.05, 0) is 19.8 Å². The molecule has 0 bridgehead atoms. The van der Waals surface area contributed by atoms with Gasteiger partial charge < -0.3 is 0 Å². The van der Waals surface area contributed by atoms with Crippen molar-refractivity contribution < 1.29 is 0 Å². The third-order valence-electron chi connectivity index (χ3n) is 1.69. The fourth-order valence-corrected chi connectivity index (χ4v) is 1.08. The van der Waals surface area contributed by atoms with Gasteiger partial charge in [-0.3, -0.25) is 0 Å². The number of nitrogens with zero attached hydrogens (tertiary/aromatic N) is 2. The average molecular weight is 138 g/mol. The lowest BCUT2D eigenvalue weighted by Gasteiger charge is -2.10. The first-order valence-electron chi connectivity index (χ1n) is 3.90. The lowest BCUT2D eigenvalue weighted by atomic mass is 10.1. The molecule has 2 nitrogen and oxygen atoms in total. The monoisotopic (exact) mass is 138 g/mol. The van der Waals surface area contributed by atoms with Crippen molar-refractivity contribution in [2.75, 3.05) is 0 Å². The van der Waals surface area contributed by atoms with Gasteiger partial charge in [0.05, 0.1) is 11.7 Å². The molecule has 0 saturated carbocycles. The topological polar surface area (TPSA) is 24.7 Å². The maximum absolute atomic E-state index is 4.16. The van der Waals surface area contributed by atoms with Crippen molar-refractivity contribution >= 4 is 0 Å². The van der Waals surface area contributed by atoms with Crippen LogP contribution < -0.4 is 0 Å². The SMILES string of the molecule is CCCC1CC=C(C)N=N1. The summed E-state index contributed by atoms with van der Waals surface area (Å²) < 4.78 is 0. The highest BCUT2D eigenvalue weighted by Crippen LogP contribution is 2.15. The molecule has 0 aliphatic carbocycles. The third kappa shape index (κ3) is 1.94. The first-order chi connectivity index (χ1) is 4.83. The Labute approximate surface area is 62.0 Å². The molecule has 0 radical (unpaired) electrons. The van der Waals surface area contributed by atoms with E-state index in [0.29, 0.717) is 6.04 Å². The highest BCUT2D eigenvalue weighted by atomic mass is 15.1. The summed E-state index contributed by atoms with van der Waals surface area (Å²) in [7, 11) is 0. The maximum atomic E-state index is 4.16. The van der Waals surface area contributed by atoms with Crippen LogP contribution in [0.25, 0.3) is 0 Å². The van der Waals surface area contributed by atoms with Crippen LogP contribution in [0.3, 0.4) is 0 Å². The largest absolute Gasteiger partial charge is 0.185 e. The van der Waals surface area contributed by atoms with E-state index in [9.17, 15) is 0 Å². The molecule has 56 valence electrons. The van der Waals surface area contributed by atoms with E-state index >= 15 is 0 Å². The molecule has 0 saturated heterocycles. The summed E-state index contributed by atoms with van der Waals surface area (Å²) in [5.74, 6) is 0. The minimum Gasteiger partial charge on any atom is -0.185 e. The van der Waals surface area contributed by atoms with Crippen LogP contribution in [0.15, 0.2) is 22.0 Å². The van der Waals surface area contributed by atoms with E-state index in [0.717, 1.165) is 12.1 Å². The fourth-order valence-electron chi connectivity index (χ4n) is 1.08. The molecule has 0 N–H and O–H groups in total. The van der Waals surface area contributed by atoms with Gasteiger partial charge in [-0.15, -0.1) is 0 Å². The van der Waals surface area contributed by atoms with Crippen LogP contribution in [0.2, 0.25) is 0 Å². The summed E-state index contributed by atoms with van der Waals surface area (Å²) in [5, 5.41) is 8.17. The van der Waals surface area contributed by atoms with E-state index in [4.69, 9.17) is 0 Å². The molecular formula is C8H14N2. The second-order valence-electron chi connectivity index (χ2n) is 2.74. The minimum atomic E-state index is 0.466. The van der Waals surface area contributed by atoms with Gasteiger partial charge in [0.2, 0.25) is 0 Å². The molecule has 1 rings (SSSR count). The van der Waals surface area contributed by atoms with Gasteiger partial charge in [-0.2, -0.15) is 10.2 Å². The molecule has 10 heavy (non-hydrogen) atoms. The summed E-state index contributed by atoms with van der Waals surface area (Å²) in [6, 6.07) is 0.466. The Morgan fingerprint density at radius 2 is 2.50 bits per heavy atom. The van der Waals surface area contributed by atoms with Crippen molar-refractivity contribution in [2.24, 2.45) is 10.2 Å². The molecule has 1 aliphatic rings. The number of allylic oxidation sites excluding steroid dienone is 1. The van der Waals surface area contributed by atoms with Crippen molar-refractivity contribution in [1.29, 1.82) is 0 Å². The van der Waals surface area contributed by atoms with E-state index in [1.165, 1.54) is 12.8 Å². The summed E-state index contributed by atoms with van der Waals surface area (Å²) in [4.78, 5) is 0. The van der Waals surface area contributed by atoms with E-state index in [-0.39, 0.29) is 0 Å². The molecule has 0 aromatic heterocycles. The van der Waals surface area contributed by atoms with Crippen LogP contribution in [0.1, 0.15) is 33.1 Å². The van der Waals surface area contributed by atoms with Crippen LogP contribution in [0.4, 0.5) is 0 Å². The van der Waals surface area contributed by atoms with Gasteiger partial charge in [-0.25, -0.2) is 0 Å². The molecule has 0 aromatic carbocycles. The fraction of sp³-hybridized carbons (Fsp3) is 0.750. The number of azo groups is 1. The quantitative estimate of drug-likeness (QED) is 0.560. The second-order valence-corrected chi connectivity index (χ2v) is 2.74. The predicted molar refractivity (Wildman–Crippen MR) is 41.9 cm³/mol. The Hall–Kier alpha value is -0.660. The van der Waals surface area contributed by atoms with Crippen molar-refractivity contribution in [3.63, 3.8) is 0 Å². The Kier molecular flexibility index (Phi) is 2.60. The molecule has 2 heteroatoms. The Bertz CT molecular complexity index is 159. The van der Waals surface area contributed by atoms with E-state index in [1.807, 2.05) is 6.92 Å². The van der Waals surface area contributed by atoms with Gasteiger partial charge in [0, 0.05) is 0 Å². The van der Waals surface area contributed by atoms with Gasteiger partial charge in [-0.1, -0.05) is 19.4 Å². The first kappa shape index (κ1) is 7.45. The van der Waals surface area contributed by atoms with Crippen molar-refractivity contribution in [1.82, 2.24) is 0 Å². The zero-order valence-corrected chi connectivity index (χ0v) is 6.67. The smallest absolute Gasteiger partial charge is 0.0747 e. The molecular weight excluding hydrogens is 124 g/mol. The molecule has 1 aliphatic heterocycles. The van der Waals surface area contributed by atoms with Crippen molar-refractivity contribution in [3.05, 3.63) is 11.8 Å². The van der Waals surface area contributed by atoms with Crippen molar-refractivity contribution in [2.45, 2.75) is 39.2 Å². The molecule has 1 heterocycles. The molecule has 1 atom stereocenters. The summed E-state index contributed by atoms with van der Waals surface area (Å²) in [5.41, 5.74) is 1.06. The Balaban J connectivity index is 2.37. The lowest BCUT2D eigenvalue weighted by molar-refractivity contribution is 0.569. The number of hydrogen-bond acceptors (Lipinski definition) is 2. The molecule has 0 aromatic rings. The van der Waals surface area contributed by atoms with E-state index in [2.05, 4.69) is 23.2 Å². The third-order valence-corrected chi connectivity index (χ3v) is 1.69. The molecule has 1 unspecified atom stereocenters. The van der Waals surface area contributed by atoms with Crippen LogP contribution in [0, 0.1) is 0 Å². The van der Waals surface area contributed by atoms with Gasteiger partial charge in [0.25, 0.3) is 0 Å². The molecule has 0 spiro atoms. The molecule has 0 fully saturated rings. The number of rotatable bonds is 2. The van der Waals surface area contributed by atoms with E-state index < -0.39 is 0 Å². The molecule has 0 amide bonds. The zero-order valence-electron chi connectivity index (χ0n) is 6.67. The predicted octanol–water partition coefficient (Wildman–Crippen LogP) is 2.91. The minimum absolute atomic E-state index is 0.466. The summed E-state index contributed by atoms with van der Waals surface area (Å²) in [6.45, 7) is 4.17. The highest BCUT2D eigenvalue weighted by molar-refractivity contribution is 4.99. The second kappa shape index (κ2) is 3.49. The standard InChI is InChI=1S/C8H14N2/c1-3-4-8-6-5-7(2)9-10-8/h5,8H,3-4,6H2,1-2H3. The summed E-state index contributed by atoms with van der Waals surface area (Å²) in [6.07, 6.45) is 5.63. The highest BCUT2D eigenvalue weighted by Gasteiger charge is 2.06. The number of hydrogen-bond donors (Lipinski definition) is 0. The summed E-state index contributed by atoms with van der Waals surface area (Å²) >= 11 is 0. The van der Waals surface area contributed by atoms with Gasteiger partial charge >= 0.3 is 0 Å². The maximum Gasteiger partial charge on any atom is 0.0747 e. The Morgan fingerprint density at radius 1 is 1.70 bits per heavy atom. The van der Waals surface area contributed by atoms with Crippen LogP contribution in [-0.2, 0) is 0 Å². The lowest BCUT2D eigenvalue weighted by Crippen LogP contribution is -2.04. The van der Waals surface area contributed by atoms with Crippen LogP contribution >= 0.6 is 0 Å². The van der Waals surface area contributed by atoms with Gasteiger partial charge in [0.1, 0.15) is 0 Å². The van der Waals surface area contributed by atoms with Crippen molar-refractivity contribution in [3.8, 4) is 0 Å². The Morgan fingerprint density at radius 3 is 3.00 bits per heavy atom. The van der Waals surface area contributed by atoms with Crippen LogP contribution in [-0.4, -0.2) is 6.04 Å². The van der Waals surface area contributed by atoms with E-state index in [1.54, 1.807) is 0 Å². The normalized spacial score (nSPS) is 24.6. The average Bonchev–Trinajstić information content (AvgIpc) is 1.95. The van der Waals surface area contributed by atoms with Crippen LogP contribution in [0.5, 0.6) is 0 Å². The zero-order chi connectivity index (χ0) is 7.40. The van der Waals surface area contributed by atoms with Gasteiger partial charge in [0.15, 0.2) is 0 Å². The first-order valence-corrected chi connectivity index (χ1v) is 3.90.